The number of aromatic nitrogens is 1. The van der Waals surface area contributed by atoms with E-state index in [9.17, 15) is 10.5 Å². The molecule has 236 valence electrons. The molecule has 0 saturated heterocycles. The van der Waals surface area contributed by atoms with E-state index in [-0.39, 0.29) is 18.0 Å². The van der Waals surface area contributed by atoms with Crippen LogP contribution in [0.15, 0.2) is 157 Å². The summed E-state index contributed by atoms with van der Waals surface area (Å²) < 4.78 is 2.31. The van der Waals surface area contributed by atoms with Gasteiger partial charge in [-0.25, -0.2) is 0 Å². The van der Waals surface area contributed by atoms with Crippen LogP contribution in [0.5, 0.6) is 0 Å². The molecule has 4 unspecified atom stereocenters. The van der Waals surface area contributed by atoms with Crippen molar-refractivity contribution in [2.24, 2.45) is 5.92 Å². The van der Waals surface area contributed by atoms with Gasteiger partial charge in [-0.3, -0.25) is 0 Å². The van der Waals surface area contributed by atoms with E-state index >= 15 is 0 Å². The van der Waals surface area contributed by atoms with Crippen LogP contribution in [0.1, 0.15) is 42.4 Å². The molecular formula is C45H36N4. The van der Waals surface area contributed by atoms with Gasteiger partial charge in [-0.1, -0.05) is 115 Å². The Labute approximate surface area is 287 Å². The van der Waals surface area contributed by atoms with Crippen molar-refractivity contribution in [3.05, 3.63) is 174 Å². The van der Waals surface area contributed by atoms with Crippen molar-refractivity contribution in [1.29, 1.82) is 10.5 Å². The van der Waals surface area contributed by atoms with Crippen LogP contribution < -0.4 is 4.90 Å². The highest BCUT2D eigenvalue weighted by molar-refractivity contribution is 6.09. The van der Waals surface area contributed by atoms with Crippen molar-refractivity contribution in [3.63, 3.8) is 0 Å². The van der Waals surface area contributed by atoms with Crippen LogP contribution in [-0.4, -0.2) is 16.7 Å². The number of fused-ring (bicyclic) bond motifs is 6. The number of nitrogens with zero attached hydrogens (tertiary/aromatic N) is 4. The summed E-state index contributed by atoms with van der Waals surface area (Å²) in [5.41, 5.74) is 9.80. The normalized spacial score (nSPS) is 21.4. The fourth-order valence-corrected chi connectivity index (χ4v) is 7.96. The van der Waals surface area contributed by atoms with E-state index < -0.39 is 0 Å². The van der Waals surface area contributed by atoms with Gasteiger partial charge in [-0.2, -0.15) is 10.5 Å². The van der Waals surface area contributed by atoms with E-state index in [2.05, 4.69) is 168 Å². The van der Waals surface area contributed by atoms with E-state index in [4.69, 9.17) is 0 Å². The lowest BCUT2D eigenvalue weighted by Crippen LogP contribution is -2.44. The third-order valence-corrected chi connectivity index (χ3v) is 10.2. The minimum absolute atomic E-state index is 0.0227. The van der Waals surface area contributed by atoms with Gasteiger partial charge in [0.05, 0.1) is 52.4 Å². The van der Waals surface area contributed by atoms with E-state index in [1.807, 2.05) is 12.1 Å². The van der Waals surface area contributed by atoms with Crippen molar-refractivity contribution in [2.75, 3.05) is 4.90 Å². The van der Waals surface area contributed by atoms with Gasteiger partial charge in [-0.15, -0.1) is 0 Å². The second-order valence-electron chi connectivity index (χ2n) is 13.1. The Morgan fingerprint density at radius 2 is 1.59 bits per heavy atom. The summed E-state index contributed by atoms with van der Waals surface area (Å²) in [6.07, 6.45) is 23.5. The molecular weight excluding hydrogens is 597 g/mol. The maximum absolute atomic E-state index is 10.4. The fourth-order valence-electron chi connectivity index (χ4n) is 7.96. The van der Waals surface area contributed by atoms with Crippen molar-refractivity contribution in [3.8, 4) is 17.8 Å². The molecule has 4 aromatic carbocycles. The van der Waals surface area contributed by atoms with Crippen LogP contribution in [0, 0.1) is 28.6 Å². The maximum Gasteiger partial charge on any atom is 0.0991 e. The zero-order valence-electron chi connectivity index (χ0n) is 27.4. The average Bonchev–Trinajstić information content (AvgIpc) is 3.52. The van der Waals surface area contributed by atoms with Crippen molar-refractivity contribution >= 4 is 33.1 Å². The number of rotatable bonds is 6. The number of para-hydroxylation sites is 3. The predicted molar refractivity (Wildman–Crippen MR) is 201 cm³/mol. The summed E-state index contributed by atoms with van der Waals surface area (Å²) in [4.78, 5) is 2.47. The number of benzene rings is 4. The van der Waals surface area contributed by atoms with Crippen LogP contribution >= 0.6 is 0 Å². The van der Waals surface area contributed by atoms with Crippen LogP contribution in [0.2, 0.25) is 0 Å². The highest BCUT2D eigenvalue weighted by Gasteiger charge is 2.41. The summed E-state index contributed by atoms with van der Waals surface area (Å²) in [7, 11) is 0. The Bertz CT molecular complexity index is 2310. The topological polar surface area (TPSA) is 55.8 Å². The average molecular weight is 633 g/mol. The maximum atomic E-state index is 10.4. The summed E-state index contributed by atoms with van der Waals surface area (Å²) >= 11 is 0. The standard InChI is InChI=1S/C45H36N4/c1-31(39-28-33(29-46)24-26-45(39)49-43-21-11-8-17-37(43)38-18-9-12-22-44(38)49)13-5-6-14-32-23-25-40(34(27-32)30-47)48-41-19-4-2-3-15-35(41)36-16-7-10-20-42(36)48/h2-13,16-28,34-35,40-41H,14-15H2,1H3/b6-5-,31-13+. The quantitative estimate of drug-likeness (QED) is 0.175. The summed E-state index contributed by atoms with van der Waals surface area (Å²) in [5, 5.41) is 22.5. The number of nitriles is 2. The minimum Gasteiger partial charge on any atom is -0.356 e. The van der Waals surface area contributed by atoms with Crippen LogP contribution in [0.25, 0.3) is 33.1 Å². The van der Waals surface area contributed by atoms with Gasteiger partial charge in [0.2, 0.25) is 0 Å². The first-order chi connectivity index (χ1) is 24.2. The van der Waals surface area contributed by atoms with E-state index in [0.29, 0.717) is 11.5 Å². The molecule has 3 aliphatic rings. The largest absolute Gasteiger partial charge is 0.356 e. The molecule has 4 atom stereocenters. The van der Waals surface area contributed by atoms with Gasteiger partial charge in [-0.05, 0) is 72.9 Å². The zero-order valence-corrected chi connectivity index (χ0v) is 27.4. The third-order valence-electron chi connectivity index (χ3n) is 10.2. The Kier molecular flexibility index (Phi) is 7.92. The van der Waals surface area contributed by atoms with Crippen LogP contribution in [-0.2, 0) is 0 Å². The smallest absolute Gasteiger partial charge is 0.0991 e. The highest BCUT2D eigenvalue weighted by atomic mass is 15.2. The van der Waals surface area contributed by atoms with Crippen LogP contribution in [0.4, 0.5) is 5.69 Å². The van der Waals surface area contributed by atoms with Crippen LogP contribution in [0.3, 0.4) is 0 Å². The van der Waals surface area contributed by atoms with Gasteiger partial charge in [0, 0.05) is 27.9 Å². The Morgan fingerprint density at radius 3 is 2.37 bits per heavy atom. The molecule has 1 aromatic heterocycles. The van der Waals surface area contributed by atoms with Crippen molar-refractivity contribution in [1.82, 2.24) is 4.57 Å². The Morgan fingerprint density at radius 1 is 0.837 bits per heavy atom. The molecule has 0 amide bonds. The molecule has 0 saturated carbocycles. The highest BCUT2D eigenvalue weighted by Crippen LogP contribution is 2.47. The van der Waals surface area contributed by atoms with E-state index in [0.717, 1.165) is 46.3 Å². The van der Waals surface area contributed by atoms with E-state index in [1.54, 1.807) is 0 Å². The molecule has 0 bridgehead atoms. The number of hydrogen-bond acceptors (Lipinski definition) is 3. The summed E-state index contributed by atoms with van der Waals surface area (Å²) in [6.45, 7) is 2.10. The summed E-state index contributed by atoms with van der Waals surface area (Å²) in [5.74, 6) is 0.149. The molecule has 0 spiro atoms. The van der Waals surface area contributed by atoms with Gasteiger partial charge >= 0.3 is 0 Å². The van der Waals surface area contributed by atoms with Gasteiger partial charge < -0.3 is 9.47 Å². The number of hydrogen-bond donors (Lipinski definition) is 0. The SMILES string of the molecule is C/C(=C\C=C/CC1=CC(C#N)C(N2c3ccccc3C3CC=CC=CC32)C=C1)c1cc(C#N)ccc1-n1c2ccccc2c2ccccc21. The molecule has 2 aliphatic carbocycles. The van der Waals surface area contributed by atoms with E-state index in [1.165, 1.54) is 22.0 Å². The molecule has 0 radical (unpaired) electrons. The molecule has 4 nitrogen and oxygen atoms in total. The molecule has 0 fully saturated rings. The second kappa shape index (κ2) is 12.8. The molecule has 5 aromatic rings. The minimum atomic E-state index is -0.246. The monoisotopic (exact) mass is 632 g/mol. The molecule has 8 rings (SSSR count). The molecule has 2 heterocycles. The molecule has 1 aliphatic heterocycles. The van der Waals surface area contributed by atoms with Crippen molar-refractivity contribution < 1.29 is 0 Å². The first kappa shape index (κ1) is 30.2. The van der Waals surface area contributed by atoms with Gasteiger partial charge in [0.15, 0.2) is 0 Å². The first-order valence-corrected chi connectivity index (χ1v) is 17.0. The zero-order chi connectivity index (χ0) is 33.3. The predicted octanol–water partition coefficient (Wildman–Crippen LogP) is 10.5. The lowest BCUT2D eigenvalue weighted by atomic mass is 9.88. The molecule has 49 heavy (non-hydrogen) atoms. The lowest BCUT2D eigenvalue weighted by Gasteiger charge is -2.37. The molecule has 4 heteroatoms. The van der Waals surface area contributed by atoms with Gasteiger partial charge in [0.1, 0.15) is 0 Å². The summed E-state index contributed by atoms with van der Waals surface area (Å²) in [6, 6.07) is 36.8. The molecule has 0 N–H and O–H groups in total. The van der Waals surface area contributed by atoms with Crippen molar-refractivity contribution in [2.45, 2.75) is 37.8 Å². The third kappa shape index (κ3) is 5.33. The first-order valence-electron chi connectivity index (χ1n) is 17.0. The fraction of sp³-hybridized carbons (Fsp3) is 0.156. The second-order valence-corrected chi connectivity index (χ2v) is 13.1. The van der Waals surface area contributed by atoms with Gasteiger partial charge in [0.25, 0.3) is 0 Å². The number of anilines is 1. The Balaban J connectivity index is 1.06. The lowest BCUT2D eigenvalue weighted by molar-refractivity contribution is 0.536. The Hall–Kier alpha value is -6.10. The number of allylic oxidation sites excluding steroid dienone is 9.